The molecule has 0 saturated heterocycles. The second kappa shape index (κ2) is 5.29. The van der Waals surface area contributed by atoms with Crippen LogP contribution in [0.3, 0.4) is 0 Å². The Labute approximate surface area is 110 Å². The van der Waals surface area contributed by atoms with Crippen LogP contribution >= 0.6 is 27.3 Å². The van der Waals surface area contributed by atoms with E-state index in [0.717, 1.165) is 9.35 Å². The van der Waals surface area contributed by atoms with E-state index in [0.29, 0.717) is 12.4 Å². The third-order valence-electron chi connectivity index (χ3n) is 2.11. The van der Waals surface area contributed by atoms with Crippen molar-refractivity contribution >= 4 is 33.0 Å². The Balaban J connectivity index is 2.00. The van der Waals surface area contributed by atoms with Crippen molar-refractivity contribution in [3.05, 3.63) is 55.2 Å². The Kier molecular flexibility index (Phi) is 3.75. The molecule has 4 nitrogen and oxygen atoms in total. The zero-order valence-electron chi connectivity index (χ0n) is 8.63. The summed E-state index contributed by atoms with van der Waals surface area (Å²) in [6.07, 6.45) is 0. The average molecular weight is 314 g/mol. The van der Waals surface area contributed by atoms with E-state index in [-0.39, 0.29) is 5.69 Å². The minimum atomic E-state index is -0.431. The van der Waals surface area contributed by atoms with Crippen LogP contribution in [0.25, 0.3) is 0 Å². The fourth-order valence-electron chi connectivity index (χ4n) is 1.24. The van der Waals surface area contributed by atoms with E-state index >= 15 is 0 Å². The lowest BCUT2D eigenvalue weighted by Crippen LogP contribution is -1.94. The molecule has 0 radical (unpaired) electrons. The third kappa shape index (κ3) is 3.04. The number of thiophene rings is 1. The second-order valence-electron chi connectivity index (χ2n) is 3.23. The first-order valence-corrected chi connectivity index (χ1v) is 6.43. The molecule has 1 heterocycles. The van der Waals surface area contributed by atoms with Gasteiger partial charge in [0.15, 0.2) is 0 Å². The van der Waals surface area contributed by atoms with Crippen LogP contribution in [0, 0.1) is 10.1 Å². The fraction of sp³-hybridized carbons (Fsp3) is 0.0909. The molecule has 0 bridgehead atoms. The maximum Gasteiger partial charge on any atom is 0.269 e. The third-order valence-corrected chi connectivity index (χ3v) is 4.01. The molecule has 0 aliphatic heterocycles. The van der Waals surface area contributed by atoms with Crippen LogP contribution in [-0.4, -0.2) is 4.92 Å². The first-order chi connectivity index (χ1) is 8.16. The summed E-state index contributed by atoms with van der Waals surface area (Å²) in [5, 5.41) is 12.4. The molecule has 6 heteroatoms. The van der Waals surface area contributed by atoms with Crippen molar-refractivity contribution in [1.82, 2.24) is 0 Å². The van der Waals surface area contributed by atoms with E-state index in [2.05, 4.69) is 15.9 Å². The number of nitro benzene ring substituents is 1. The predicted molar refractivity (Wildman–Crippen MR) is 69.4 cm³/mol. The van der Waals surface area contributed by atoms with E-state index < -0.39 is 4.92 Å². The van der Waals surface area contributed by atoms with Gasteiger partial charge >= 0.3 is 0 Å². The molecule has 0 spiro atoms. The summed E-state index contributed by atoms with van der Waals surface area (Å²) >= 11 is 5.01. The number of hydrogen-bond donors (Lipinski definition) is 0. The van der Waals surface area contributed by atoms with E-state index in [4.69, 9.17) is 4.74 Å². The van der Waals surface area contributed by atoms with E-state index in [9.17, 15) is 10.1 Å². The number of benzene rings is 1. The minimum absolute atomic E-state index is 0.0645. The quantitative estimate of drug-likeness (QED) is 0.633. The van der Waals surface area contributed by atoms with Crippen LogP contribution in [-0.2, 0) is 6.61 Å². The monoisotopic (exact) mass is 313 g/mol. The van der Waals surface area contributed by atoms with Gasteiger partial charge in [-0.1, -0.05) is 0 Å². The van der Waals surface area contributed by atoms with Crippen molar-refractivity contribution in [3.8, 4) is 5.75 Å². The highest BCUT2D eigenvalue weighted by Gasteiger charge is 2.05. The summed E-state index contributed by atoms with van der Waals surface area (Å²) in [5.74, 6) is 0.621. The molecule has 2 aromatic rings. The van der Waals surface area contributed by atoms with Gasteiger partial charge in [0, 0.05) is 16.6 Å². The summed E-state index contributed by atoms with van der Waals surface area (Å²) in [7, 11) is 0. The van der Waals surface area contributed by atoms with Crippen LogP contribution < -0.4 is 4.74 Å². The van der Waals surface area contributed by atoms with Gasteiger partial charge in [-0.25, -0.2) is 0 Å². The lowest BCUT2D eigenvalue weighted by atomic mass is 10.3. The topological polar surface area (TPSA) is 52.4 Å². The summed E-state index contributed by atoms with van der Waals surface area (Å²) in [4.78, 5) is 11.1. The average Bonchev–Trinajstić information content (AvgIpc) is 2.73. The molecule has 1 aromatic carbocycles. The number of hydrogen-bond acceptors (Lipinski definition) is 4. The molecule has 0 unspecified atom stereocenters. The van der Waals surface area contributed by atoms with E-state index in [1.165, 1.54) is 12.1 Å². The molecule has 0 saturated carbocycles. The van der Waals surface area contributed by atoms with Gasteiger partial charge in [0.1, 0.15) is 12.4 Å². The highest BCUT2D eigenvalue weighted by Crippen LogP contribution is 2.25. The number of non-ortho nitro benzene ring substituents is 1. The number of nitrogens with zero attached hydrogens (tertiary/aromatic N) is 1. The summed E-state index contributed by atoms with van der Waals surface area (Å²) in [5.41, 5.74) is 0.0645. The molecular formula is C11H8BrNO3S. The lowest BCUT2D eigenvalue weighted by molar-refractivity contribution is -0.384. The summed E-state index contributed by atoms with van der Waals surface area (Å²) in [6, 6.07) is 8.01. The van der Waals surface area contributed by atoms with Crippen molar-refractivity contribution in [2.75, 3.05) is 0 Å². The predicted octanol–water partition coefficient (Wildman–Crippen LogP) is 4.00. The number of halogens is 1. The zero-order chi connectivity index (χ0) is 12.3. The molecule has 0 amide bonds. The minimum Gasteiger partial charge on any atom is -0.488 e. The van der Waals surface area contributed by atoms with Crippen LogP contribution in [0.4, 0.5) is 5.69 Å². The zero-order valence-corrected chi connectivity index (χ0v) is 11.0. The normalized spacial score (nSPS) is 10.2. The molecule has 0 fully saturated rings. The van der Waals surface area contributed by atoms with Gasteiger partial charge < -0.3 is 4.74 Å². The van der Waals surface area contributed by atoms with Crippen molar-refractivity contribution in [1.29, 1.82) is 0 Å². The van der Waals surface area contributed by atoms with E-state index in [1.807, 2.05) is 11.4 Å². The van der Waals surface area contributed by atoms with Gasteiger partial charge in [-0.2, -0.15) is 0 Å². The van der Waals surface area contributed by atoms with Gasteiger partial charge in [-0.05, 0) is 39.5 Å². The van der Waals surface area contributed by atoms with E-state index in [1.54, 1.807) is 23.5 Å². The molecule has 17 heavy (non-hydrogen) atoms. The largest absolute Gasteiger partial charge is 0.488 e. The highest BCUT2D eigenvalue weighted by atomic mass is 79.9. The first-order valence-electron chi connectivity index (χ1n) is 4.76. The standard InChI is InChI=1S/C11H8BrNO3S/c12-10-5-6-17-11(10)7-16-9-3-1-8(2-4-9)13(14)15/h1-6H,7H2. The van der Waals surface area contributed by atoms with Gasteiger partial charge in [-0.3, -0.25) is 10.1 Å². The smallest absolute Gasteiger partial charge is 0.269 e. The van der Waals surface area contributed by atoms with Crippen LogP contribution in [0.1, 0.15) is 4.88 Å². The number of rotatable bonds is 4. The maximum absolute atomic E-state index is 10.5. The van der Waals surface area contributed by atoms with Crippen LogP contribution in [0.5, 0.6) is 5.75 Å². The maximum atomic E-state index is 10.5. The number of nitro groups is 1. The molecule has 0 atom stereocenters. The molecule has 0 N–H and O–H groups in total. The molecule has 88 valence electrons. The fourth-order valence-corrected chi connectivity index (χ4v) is 2.62. The Morgan fingerprint density at radius 2 is 2.00 bits per heavy atom. The highest BCUT2D eigenvalue weighted by molar-refractivity contribution is 9.10. The second-order valence-corrected chi connectivity index (χ2v) is 5.09. The van der Waals surface area contributed by atoms with Gasteiger partial charge in [-0.15, -0.1) is 11.3 Å². The van der Waals surface area contributed by atoms with Crippen molar-refractivity contribution < 1.29 is 9.66 Å². The number of ether oxygens (including phenoxy) is 1. The van der Waals surface area contributed by atoms with Crippen LogP contribution in [0.15, 0.2) is 40.2 Å². The molecule has 0 aliphatic carbocycles. The molecule has 2 rings (SSSR count). The lowest BCUT2D eigenvalue weighted by Gasteiger charge is -2.04. The van der Waals surface area contributed by atoms with Gasteiger partial charge in [0.2, 0.25) is 0 Å². The van der Waals surface area contributed by atoms with Gasteiger partial charge in [0.25, 0.3) is 5.69 Å². The molecular weight excluding hydrogens is 306 g/mol. The summed E-state index contributed by atoms with van der Waals surface area (Å²) < 4.78 is 6.54. The Bertz CT molecular complexity index is 524. The Hall–Kier alpha value is -1.40. The van der Waals surface area contributed by atoms with Gasteiger partial charge in [0.05, 0.1) is 9.80 Å². The molecule has 0 aliphatic rings. The van der Waals surface area contributed by atoms with Crippen molar-refractivity contribution in [3.63, 3.8) is 0 Å². The van der Waals surface area contributed by atoms with Crippen LogP contribution in [0.2, 0.25) is 0 Å². The Morgan fingerprint density at radius 1 is 1.29 bits per heavy atom. The SMILES string of the molecule is O=[N+]([O-])c1ccc(OCc2sccc2Br)cc1. The van der Waals surface area contributed by atoms with Crippen molar-refractivity contribution in [2.24, 2.45) is 0 Å². The summed E-state index contributed by atoms with van der Waals surface area (Å²) in [6.45, 7) is 0.454. The van der Waals surface area contributed by atoms with Crippen molar-refractivity contribution in [2.45, 2.75) is 6.61 Å². The Morgan fingerprint density at radius 3 is 2.53 bits per heavy atom. The molecule has 1 aromatic heterocycles. The first kappa shape index (κ1) is 12.1.